The van der Waals surface area contributed by atoms with Crippen LogP contribution in [0, 0.1) is 11.8 Å². The quantitative estimate of drug-likeness (QED) is 0.538. The largest absolute Gasteiger partial charge is 0.309 e. The lowest BCUT2D eigenvalue weighted by Gasteiger charge is -2.32. The molecule has 1 rings (SSSR count). The topological polar surface area (TPSA) is 41.3 Å². The molecule has 1 atom stereocenters. The van der Waals surface area contributed by atoms with Crippen molar-refractivity contribution in [1.82, 2.24) is 10.3 Å². The van der Waals surface area contributed by atoms with E-state index in [4.69, 9.17) is 5.84 Å². The molecule has 15 heavy (non-hydrogen) atoms. The van der Waals surface area contributed by atoms with E-state index in [0.717, 1.165) is 18.4 Å². The SMILES string of the molecule is CC1CCC(C(CCN(C)C)NN)CC1. The Morgan fingerprint density at radius 3 is 2.33 bits per heavy atom. The van der Waals surface area contributed by atoms with Gasteiger partial charge in [-0.05, 0) is 51.7 Å². The third kappa shape index (κ3) is 4.49. The summed E-state index contributed by atoms with van der Waals surface area (Å²) in [6.07, 6.45) is 6.63. The first-order chi connectivity index (χ1) is 7.13. The van der Waals surface area contributed by atoms with E-state index in [0.29, 0.717) is 6.04 Å². The van der Waals surface area contributed by atoms with Crippen LogP contribution < -0.4 is 11.3 Å². The highest BCUT2D eigenvalue weighted by molar-refractivity contribution is 4.80. The fourth-order valence-corrected chi connectivity index (χ4v) is 2.54. The molecule has 0 aromatic rings. The van der Waals surface area contributed by atoms with Crippen LogP contribution in [0.5, 0.6) is 0 Å². The summed E-state index contributed by atoms with van der Waals surface area (Å²) in [6.45, 7) is 3.49. The minimum atomic E-state index is 0.514. The van der Waals surface area contributed by atoms with E-state index in [9.17, 15) is 0 Å². The van der Waals surface area contributed by atoms with Crippen LogP contribution in [-0.4, -0.2) is 31.6 Å². The van der Waals surface area contributed by atoms with Crippen molar-refractivity contribution < 1.29 is 0 Å². The molecular formula is C12H27N3. The van der Waals surface area contributed by atoms with E-state index in [1.165, 1.54) is 32.1 Å². The van der Waals surface area contributed by atoms with Gasteiger partial charge in [-0.15, -0.1) is 0 Å². The predicted octanol–water partition coefficient (Wildman–Crippen LogP) is 1.60. The van der Waals surface area contributed by atoms with E-state index in [1.807, 2.05) is 0 Å². The number of rotatable bonds is 5. The summed E-state index contributed by atoms with van der Waals surface area (Å²) in [5.74, 6) is 7.38. The van der Waals surface area contributed by atoms with Crippen LogP contribution in [0.1, 0.15) is 39.0 Å². The van der Waals surface area contributed by atoms with Crippen molar-refractivity contribution in [2.75, 3.05) is 20.6 Å². The lowest BCUT2D eigenvalue weighted by molar-refractivity contribution is 0.212. The maximum absolute atomic E-state index is 5.66. The standard InChI is InChI=1S/C12H27N3/c1-10-4-6-11(7-5-10)12(14-13)8-9-15(2)3/h10-12,14H,4-9,13H2,1-3H3. The van der Waals surface area contributed by atoms with Gasteiger partial charge in [-0.25, -0.2) is 0 Å². The summed E-state index contributed by atoms with van der Waals surface area (Å²) < 4.78 is 0. The lowest BCUT2D eigenvalue weighted by Crippen LogP contribution is -2.43. The Kier molecular flexibility index (Phi) is 5.58. The first-order valence-corrected chi connectivity index (χ1v) is 6.24. The van der Waals surface area contributed by atoms with Gasteiger partial charge in [-0.1, -0.05) is 19.8 Å². The normalized spacial score (nSPS) is 29.4. The molecular weight excluding hydrogens is 186 g/mol. The van der Waals surface area contributed by atoms with E-state index in [-0.39, 0.29) is 0 Å². The van der Waals surface area contributed by atoms with Crippen molar-refractivity contribution in [3.05, 3.63) is 0 Å². The number of nitrogens with one attached hydrogen (secondary N) is 1. The monoisotopic (exact) mass is 213 g/mol. The third-order valence-electron chi connectivity index (χ3n) is 3.73. The molecule has 0 aromatic heterocycles. The molecule has 0 saturated heterocycles. The molecule has 1 saturated carbocycles. The second kappa shape index (κ2) is 6.46. The third-order valence-corrected chi connectivity index (χ3v) is 3.73. The molecule has 0 amide bonds. The zero-order valence-corrected chi connectivity index (χ0v) is 10.5. The predicted molar refractivity (Wildman–Crippen MR) is 65.4 cm³/mol. The molecule has 0 heterocycles. The summed E-state index contributed by atoms with van der Waals surface area (Å²) in [4.78, 5) is 2.23. The average Bonchev–Trinajstić information content (AvgIpc) is 2.21. The zero-order valence-electron chi connectivity index (χ0n) is 10.5. The first-order valence-electron chi connectivity index (χ1n) is 6.24. The molecule has 3 heteroatoms. The first kappa shape index (κ1) is 12.9. The van der Waals surface area contributed by atoms with Gasteiger partial charge < -0.3 is 4.90 Å². The van der Waals surface area contributed by atoms with Crippen molar-refractivity contribution in [2.45, 2.75) is 45.1 Å². The fourth-order valence-electron chi connectivity index (χ4n) is 2.54. The van der Waals surface area contributed by atoms with Crippen LogP contribution in [0.2, 0.25) is 0 Å². The van der Waals surface area contributed by atoms with Crippen LogP contribution in [0.4, 0.5) is 0 Å². The smallest absolute Gasteiger partial charge is 0.0250 e. The van der Waals surface area contributed by atoms with Crippen molar-refractivity contribution >= 4 is 0 Å². The molecule has 90 valence electrons. The summed E-state index contributed by atoms with van der Waals surface area (Å²) in [5.41, 5.74) is 3.02. The molecule has 1 aliphatic rings. The van der Waals surface area contributed by atoms with Gasteiger partial charge in [0.25, 0.3) is 0 Å². The van der Waals surface area contributed by atoms with Crippen molar-refractivity contribution in [2.24, 2.45) is 17.7 Å². The van der Waals surface area contributed by atoms with E-state index in [1.54, 1.807) is 0 Å². The second-order valence-electron chi connectivity index (χ2n) is 5.39. The molecule has 0 aliphatic heterocycles. The van der Waals surface area contributed by atoms with Gasteiger partial charge >= 0.3 is 0 Å². The summed E-state index contributed by atoms with van der Waals surface area (Å²) >= 11 is 0. The number of hydrazine groups is 1. The van der Waals surface area contributed by atoms with Gasteiger partial charge in [-0.2, -0.15) is 0 Å². The molecule has 0 radical (unpaired) electrons. The Morgan fingerprint density at radius 2 is 1.87 bits per heavy atom. The molecule has 3 N–H and O–H groups in total. The minimum Gasteiger partial charge on any atom is -0.309 e. The van der Waals surface area contributed by atoms with E-state index >= 15 is 0 Å². The Morgan fingerprint density at radius 1 is 1.27 bits per heavy atom. The Hall–Kier alpha value is -0.120. The second-order valence-corrected chi connectivity index (χ2v) is 5.39. The summed E-state index contributed by atoms with van der Waals surface area (Å²) in [7, 11) is 4.24. The van der Waals surface area contributed by atoms with Gasteiger partial charge in [0, 0.05) is 6.04 Å². The van der Waals surface area contributed by atoms with Crippen molar-refractivity contribution in [1.29, 1.82) is 0 Å². The molecule has 1 unspecified atom stereocenters. The van der Waals surface area contributed by atoms with Crippen LogP contribution in [0.15, 0.2) is 0 Å². The highest BCUT2D eigenvalue weighted by Gasteiger charge is 2.24. The number of nitrogens with zero attached hydrogens (tertiary/aromatic N) is 1. The van der Waals surface area contributed by atoms with Crippen LogP contribution in [0.3, 0.4) is 0 Å². The molecule has 0 bridgehead atoms. The number of nitrogens with two attached hydrogens (primary N) is 1. The van der Waals surface area contributed by atoms with Gasteiger partial charge in [-0.3, -0.25) is 11.3 Å². The maximum atomic E-state index is 5.66. The highest BCUT2D eigenvalue weighted by Crippen LogP contribution is 2.31. The molecule has 0 spiro atoms. The number of hydrogen-bond acceptors (Lipinski definition) is 3. The summed E-state index contributed by atoms with van der Waals surface area (Å²) in [6, 6.07) is 0.514. The summed E-state index contributed by atoms with van der Waals surface area (Å²) in [5, 5.41) is 0. The van der Waals surface area contributed by atoms with Gasteiger partial charge in [0.2, 0.25) is 0 Å². The average molecular weight is 213 g/mol. The van der Waals surface area contributed by atoms with Crippen molar-refractivity contribution in [3.63, 3.8) is 0 Å². The van der Waals surface area contributed by atoms with Crippen LogP contribution in [-0.2, 0) is 0 Å². The van der Waals surface area contributed by atoms with Gasteiger partial charge in [0.15, 0.2) is 0 Å². The lowest BCUT2D eigenvalue weighted by atomic mass is 9.78. The van der Waals surface area contributed by atoms with Gasteiger partial charge in [0.05, 0.1) is 0 Å². The zero-order chi connectivity index (χ0) is 11.3. The van der Waals surface area contributed by atoms with Crippen molar-refractivity contribution in [3.8, 4) is 0 Å². The fraction of sp³-hybridized carbons (Fsp3) is 1.00. The van der Waals surface area contributed by atoms with Crippen LogP contribution in [0.25, 0.3) is 0 Å². The molecule has 0 aromatic carbocycles. The van der Waals surface area contributed by atoms with Gasteiger partial charge in [0.1, 0.15) is 0 Å². The number of hydrogen-bond donors (Lipinski definition) is 2. The highest BCUT2D eigenvalue weighted by atomic mass is 15.2. The minimum absolute atomic E-state index is 0.514. The Labute approximate surface area is 94.4 Å². The van der Waals surface area contributed by atoms with Crippen LogP contribution >= 0.6 is 0 Å². The van der Waals surface area contributed by atoms with E-state index < -0.39 is 0 Å². The Bertz CT molecular complexity index is 162. The van der Waals surface area contributed by atoms with E-state index in [2.05, 4.69) is 31.3 Å². The molecule has 3 nitrogen and oxygen atoms in total. The molecule has 1 fully saturated rings. The Balaban J connectivity index is 2.31. The maximum Gasteiger partial charge on any atom is 0.0250 e. The molecule has 1 aliphatic carbocycles.